The van der Waals surface area contributed by atoms with E-state index in [0.717, 1.165) is 4.52 Å². The largest absolute Gasteiger partial charge is 0.435 e. The molecular formula is C21H14F3N7O. The van der Waals surface area contributed by atoms with E-state index in [4.69, 9.17) is 0 Å². The van der Waals surface area contributed by atoms with Crippen LogP contribution in [-0.4, -0.2) is 34.8 Å². The first-order valence-corrected chi connectivity index (χ1v) is 9.46. The minimum atomic E-state index is -4.76. The Bertz CT molecular complexity index is 1490. The van der Waals surface area contributed by atoms with Crippen molar-refractivity contribution in [3.8, 4) is 33.9 Å². The third-order valence-electron chi connectivity index (χ3n) is 4.96. The van der Waals surface area contributed by atoms with Crippen LogP contribution >= 0.6 is 0 Å². The van der Waals surface area contributed by atoms with Crippen LogP contribution in [0.4, 0.5) is 13.2 Å². The molecule has 0 aliphatic rings. The molecule has 0 aliphatic carbocycles. The van der Waals surface area contributed by atoms with Gasteiger partial charge in [-0.2, -0.15) is 22.8 Å². The number of aryl methyl sites for hydroxylation is 1. The second-order valence-corrected chi connectivity index (χ2v) is 7.04. The molecule has 0 atom stereocenters. The van der Waals surface area contributed by atoms with Gasteiger partial charge in [0.25, 0.3) is 5.56 Å². The van der Waals surface area contributed by atoms with Gasteiger partial charge in [-0.15, -0.1) is 10.2 Å². The van der Waals surface area contributed by atoms with Crippen LogP contribution in [0.1, 0.15) is 11.4 Å². The highest BCUT2D eigenvalue weighted by Crippen LogP contribution is 2.38. The van der Waals surface area contributed by atoms with Crippen molar-refractivity contribution in [1.82, 2.24) is 34.8 Å². The van der Waals surface area contributed by atoms with Crippen LogP contribution < -0.4 is 5.56 Å². The lowest BCUT2D eigenvalue weighted by Crippen LogP contribution is -2.20. The number of nitrogens with one attached hydrogen (secondary N) is 2. The highest BCUT2D eigenvalue weighted by molar-refractivity contribution is 5.81. The molecule has 5 aromatic rings. The van der Waals surface area contributed by atoms with Crippen molar-refractivity contribution in [1.29, 1.82) is 0 Å². The number of halogens is 3. The SMILES string of the molecule is Cc1[nH]c2c(-c3ccccc3)c(C(F)(F)F)nn2c(=O)c1-c1nnc(-c2cccnc2)[nH]1. The number of hydrogen-bond donors (Lipinski definition) is 2. The molecule has 160 valence electrons. The second kappa shape index (κ2) is 7.15. The molecule has 0 amide bonds. The van der Waals surface area contributed by atoms with Gasteiger partial charge < -0.3 is 9.97 Å². The van der Waals surface area contributed by atoms with Crippen LogP contribution in [0.15, 0.2) is 59.7 Å². The average Bonchev–Trinajstić information content (AvgIpc) is 3.40. The Morgan fingerprint density at radius 3 is 2.31 bits per heavy atom. The summed E-state index contributed by atoms with van der Waals surface area (Å²) in [5, 5.41) is 11.7. The monoisotopic (exact) mass is 437 g/mol. The van der Waals surface area contributed by atoms with Crippen molar-refractivity contribution < 1.29 is 13.2 Å². The van der Waals surface area contributed by atoms with E-state index in [2.05, 4.69) is 30.2 Å². The summed E-state index contributed by atoms with van der Waals surface area (Å²) in [6, 6.07) is 11.5. The van der Waals surface area contributed by atoms with Crippen LogP contribution in [-0.2, 0) is 6.18 Å². The van der Waals surface area contributed by atoms with E-state index in [0.29, 0.717) is 17.1 Å². The van der Waals surface area contributed by atoms with Crippen molar-refractivity contribution in [2.45, 2.75) is 13.1 Å². The Kier molecular flexibility index (Phi) is 4.40. The quantitative estimate of drug-likeness (QED) is 0.446. The van der Waals surface area contributed by atoms with Gasteiger partial charge in [0.05, 0.1) is 5.56 Å². The lowest BCUT2D eigenvalue weighted by molar-refractivity contribution is -0.140. The van der Waals surface area contributed by atoms with E-state index < -0.39 is 17.4 Å². The fourth-order valence-electron chi connectivity index (χ4n) is 3.55. The number of H-pyrrole nitrogens is 2. The van der Waals surface area contributed by atoms with Gasteiger partial charge in [0.15, 0.2) is 17.3 Å². The molecule has 0 spiro atoms. The highest BCUT2D eigenvalue weighted by Gasteiger charge is 2.39. The number of rotatable bonds is 3. The summed E-state index contributed by atoms with van der Waals surface area (Å²) in [5.41, 5.74) is -0.860. The average molecular weight is 437 g/mol. The summed E-state index contributed by atoms with van der Waals surface area (Å²) in [7, 11) is 0. The zero-order chi connectivity index (χ0) is 22.5. The highest BCUT2D eigenvalue weighted by atomic mass is 19.4. The molecule has 0 bridgehead atoms. The van der Waals surface area contributed by atoms with E-state index in [1.54, 1.807) is 49.6 Å². The van der Waals surface area contributed by atoms with Gasteiger partial charge in [-0.1, -0.05) is 30.3 Å². The van der Waals surface area contributed by atoms with E-state index in [9.17, 15) is 18.0 Å². The fourth-order valence-corrected chi connectivity index (χ4v) is 3.55. The molecule has 4 heterocycles. The lowest BCUT2D eigenvalue weighted by atomic mass is 10.1. The summed E-state index contributed by atoms with van der Waals surface area (Å²) in [6.07, 6.45) is -1.59. The predicted octanol–water partition coefficient (Wildman–Crippen LogP) is 3.86. The van der Waals surface area contributed by atoms with Crippen molar-refractivity contribution in [3.05, 3.63) is 76.6 Å². The fraction of sp³-hybridized carbons (Fsp3) is 0.0952. The van der Waals surface area contributed by atoms with Crippen LogP contribution in [0.2, 0.25) is 0 Å². The molecule has 4 aromatic heterocycles. The van der Waals surface area contributed by atoms with E-state index >= 15 is 0 Å². The molecule has 32 heavy (non-hydrogen) atoms. The summed E-state index contributed by atoms with van der Waals surface area (Å²) >= 11 is 0. The molecule has 0 unspecified atom stereocenters. The Morgan fingerprint density at radius 2 is 1.62 bits per heavy atom. The lowest BCUT2D eigenvalue weighted by Gasteiger charge is -2.07. The number of aromatic amines is 2. The Labute approximate surface area is 177 Å². The Hall–Kier alpha value is -4.28. The van der Waals surface area contributed by atoms with Crippen LogP contribution in [0.5, 0.6) is 0 Å². The number of nitrogens with zero attached hydrogens (tertiary/aromatic N) is 5. The number of pyridine rings is 1. The Balaban J connectivity index is 1.75. The van der Waals surface area contributed by atoms with Gasteiger partial charge in [0.1, 0.15) is 11.2 Å². The first-order valence-electron chi connectivity index (χ1n) is 9.46. The number of alkyl halides is 3. The minimum absolute atomic E-state index is 0.0379. The van der Waals surface area contributed by atoms with E-state index in [1.807, 2.05) is 0 Å². The van der Waals surface area contributed by atoms with Crippen molar-refractivity contribution >= 4 is 5.65 Å². The van der Waals surface area contributed by atoms with Gasteiger partial charge in [-0.3, -0.25) is 9.78 Å². The first-order chi connectivity index (χ1) is 15.3. The third kappa shape index (κ3) is 3.14. The second-order valence-electron chi connectivity index (χ2n) is 7.04. The van der Waals surface area contributed by atoms with Gasteiger partial charge in [0.2, 0.25) is 0 Å². The number of fused-ring (bicyclic) bond motifs is 1. The Morgan fingerprint density at radius 1 is 0.906 bits per heavy atom. The summed E-state index contributed by atoms with van der Waals surface area (Å²) in [5.74, 6) is 0.475. The topological polar surface area (TPSA) is 105 Å². The standard InChI is InChI=1S/C21H14F3N7O/c1-11-14(18-27-17(28-29-18)13-8-5-9-25-10-13)20(32)31-19(26-11)15(12-6-3-2-4-7-12)16(30-31)21(22,23)24/h2-10,26H,1H3,(H,27,28,29). The van der Waals surface area contributed by atoms with Crippen LogP contribution in [0.3, 0.4) is 0 Å². The maximum Gasteiger partial charge on any atom is 0.435 e. The summed E-state index contributed by atoms with van der Waals surface area (Å²) < 4.78 is 42.1. The van der Waals surface area contributed by atoms with E-state index in [1.165, 1.54) is 12.1 Å². The predicted molar refractivity (Wildman–Crippen MR) is 110 cm³/mol. The third-order valence-corrected chi connectivity index (χ3v) is 4.96. The van der Waals surface area contributed by atoms with Gasteiger partial charge >= 0.3 is 6.18 Å². The number of benzene rings is 1. The number of aromatic nitrogens is 7. The molecule has 0 saturated heterocycles. The zero-order valence-corrected chi connectivity index (χ0v) is 16.5. The van der Waals surface area contributed by atoms with Crippen molar-refractivity contribution in [3.63, 3.8) is 0 Å². The molecule has 1 aromatic carbocycles. The van der Waals surface area contributed by atoms with Gasteiger partial charge in [0, 0.05) is 23.7 Å². The van der Waals surface area contributed by atoms with Gasteiger partial charge in [-0.05, 0) is 24.6 Å². The molecule has 0 aliphatic heterocycles. The minimum Gasteiger partial charge on any atom is -0.342 e. The molecule has 0 fully saturated rings. The molecular weight excluding hydrogens is 423 g/mol. The van der Waals surface area contributed by atoms with Gasteiger partial charge in [-0.25, -0.2) is 0 Å². The van der Waals surface area contributed by atoms with Crippen molar-refractivity contribution in [2.24, 2.45) is 0 Å². The molecule has 0 radical (unpaired) electrons. The van der Waals surface area contributed by atoms with E-state index in [-0.39, 0.29) is 28.2 Å². The molecule has 5 rings (SSSR count). The van der Waals surface area contributed by atoms with Crippen LogP contribution in [0.25, 0.3) is 39.5 Å². The zero-order valence-electron chi connectivity index (χ0n) is 16.5. The molecule has 2 N–H and O–H groups in total. The maximum absolute atomic E-state index is 13.8. The summed E-state index contributed by atoms with van der Waals surface area (Å²) in [6.45, 7) is 1.58. The molecule has 8 nitrogen and oxygen atoms in total. The normalized spacial score (nSPS) is 11.9. The maximum atomic E-state index is 13.8. The number of hydrogen-bond acceptors (Lipinski definition) is 5. The smallest absolute Gasteiger partial charge is 0.342 e. The molecule has 11 heteroatoms. The van der Waals surface area contributed by atoms with Crippen LogP contribution in [0, 0.1) is 6.92 Å². The first kappa shape index (κ1) is 19.7. The molecule has 0 saturated carbocycles. The summed E-state index contributed by atoms with van der Waals surface area (Å²) in [4.78, 5) is 23.1. The van der Waals surface area contributed by atoms with Crippen molar-refractivity contribution in [2.75, 3.05) is 0 Å².